The first-order chi connectivity index (χ1) is 19.4. The van der Waals surface area contributed by atoms with Gasteiger partial charge in [0.25, 0.3) is 0 Å². The van der Waals surface area contributed by atoms with Crippen LogP contribution < -0.4 is 10.9 Å². The minimum atomic E-state index is -0.437. The monoisotopic (exact) mass is 573 g/mol. The Morgan fingerprint density at radius 1 is 1.10 bits per heavy atom. The number of benzene rings is 2. The number of allylic oxidation sites excluding steroid dienone is 3. The molecule has 222 valence electrons. The highest BCUT2D eigenvalue weighted by Crippen LogP contribution is 2.36. The van der Waals surface area contributed by atoms with Gasteiger partial charge in [-0.05, 0) is 103 Å². The normalized spacial score (nSPS) is 16.3. The predicted molar refractivity (Wildman–Crippen MR) is 182 cm³/mol. The Morgan fingerprint density at radius 3 is 2.37 bits per heavy atom. The smallest absolute Gasteiger partial charge is 0.0695 e. The third kappa shape index (κ3) is 9.54. The molecule has 5 heteroatoms. The summed E-state index contributed by atoms with van der Waals surface area (Å²) in [5.74, 6) is 1.02. The molecule has 0 saturated heterocycles. The minimum Gasteiger partial charge on any atom is -0.393 e. The second kappa shape index (κ2) is 15.2. The lowest BCUT2D eigenvalue weighted by molar-refractivity contribution is 0.167. The summed E-state index contributed by atoms with van der Waals surface area (Å²) in [6.45, 7) is 19.5. The summed E-state index contributed by atoms with van der Waals surface area (Å²) in [7, 11) is 1.87. The molecule has 0 amide bonds. The Kier molecular flexibility index (Phi) is 12.2. The summed E-state index contributed by atoms with van der Waals surface area (Å²) in [5, 5.41) is 12.5. The zero-order valence-corrected chi connectivity index (χ0v) is 27.3. The second-order valence-corrected chi connectivity index (χ2v) is 13.6. The van der Waals surface area contributed by atoms with Gasteiger partial charge in [0.2, 0.25) is 0 Å². The largest absolute Gasteiger partial charge is 0.393 e. The van der Waals surface area contributed by atoms with E-state index >= 15 is 0 Å². The number of aliphatic hydroxyl groups is 1. The maximum absolute atomic E-state index is 10.2. The first-order valence-corrected chi connectivity index (χ1v) is 16.1. The maximum Gasteiger partial charge on any atom is 0.0695 e. The van der Waals surface area contributed by atoms with Crippen LogP contribution in [0.1, 0.15) is 84.4 Å². The fourth-order valence-electron chi connectivity index (χ4n) is 5.36. The first-order valence-electron chi connectivity index (χ1n) is 15.1. The number of hydrazine groups is 1. The number of aliphatic hydroxyl groups excluding tert-OH is 1. The molecule has 0 aliphatic heterocycles. The van der Waals surface area contributed by atoms with E-state index < -0.39 is 6.10 Å². The second-order valence-electron chi connectivity index (χ2n) is 12.4. The highest BCUT2D eigenvalue weighted by Gasteiger charge is 2.22. The molecule has 3 unspecified atom stereocenters. The fraction of sp³-hybridized carbons (Fsp3) is 0.472. The fourth-order valence-corrected chi connectivity index (χ4v) is 6.00. The zero-order chi connectivity index (χ0) is 30.2. The van der Waals surface area contributed by atoms with Crippen molar-refractivity contribution in [3.8, 4) is 11.1 Å². The molecule has 3 atom stereocenters. The van der Waals surface area contributed by atoms with Crippen LogP contribution in [0.2, 0.25) is 0 Å². The van der Waals surface area contributed by atoms with Crippen LogP contribution in [0.3, 0.4) is 0 Å². The molecule has 2 aromatic carbocycles. The third-order valence-electron chi connectivity index (χ3n) is 7.45. The van der Waals surface area contributed by atoms with Crippen molar-refractivity contribution in [2.45, 2.75) is 92.3 Å². The molecule has 0 saturated carbocycles. The van der Waals surface area contributed by atoms with Gasteiger partial charge in [0, 0.05) is 11.6 Å². The average Bonchev–Trinajstić information content (AvgIpc) is 3.35. The Balaban J connectivity index is 1.95. The third-order valence-corrected chi connectivity index (χ3v) is 8.23. The van der Waals surface area contributed by atoms with Crippen molar-refractivity contribution in [3.63, 3.8) is 0 Å². The zero-order valence-electron chi connectivity index (χ0n) is 26.5. The Hall–Kier alpha value is -2.44. The number of thioether (sulfide) groups is 1. The molecule has 0 bridgehead atoms. The Labute approximate surface area is 253 Å². The van der Waals surface area contributed by atoms with Crippen LogP contribution in [0.5, 0.6) is 0 Å². The van der Waals surface area contributed by atoms with Crippen LogP contribution in [0.15, 0.2) is 76.2 Å². The SMILES string of the molecule is C=C(CC(C)(C)C)C1=Cc2cc(-c3ccc(C(=N/C(CC(C)O)C(C)NNC)/C(=C/SCC)CC)cc3)ccc2C1. The molecular weight excluding hydrogens is 522 g/mol. The van der Waals surface area contributed by atoms with Crippen molar-refractivity contribution in [2.75, 3.05) is 12.8 Å². The lowest BCUT2D eigenvalue weighted by Crippen LogP contribution is -2.44. The highest BCUT2D eigenvalue weighted by atomic mass is 32.2. The molecule has 0 aromatic heterocycles. The number of fused-ring (bicyclic) bond motifs is 1. The quantitative estimate of drug-likeness (QED) is 0.157. The molecule has 2 aromatic rings. The summed E-state index contributed by atoms with van der Waals surface area (Å²) in [5.41, 5.74) is 17.6. The first kappa shape index (κ1) is 33.1. The van der Waals surface area contributed by atoms with E-state index in [9.17, 15) is 5.11 Å². The van der Waals surface area contributed by atoms with Crippen LogP contribution in [-0.4, -0.2) is 41.8 Å². The Morgan fingerprint density at radius 2 is 1.78 bits per heavy atom. The van der Waals surface area contributed by atoms with Crippen molar-refractivity contribution in [1.29, 1.82) is 0 Å². The van der Waals surface area contributed by atoms with E-state index in [1.165, 1.54) is 39.0 Å². The van der Waals surface area contributed by atoms with Crippen LogP contribution in [0.4, 0.5) is 0 Å². The molecule has 1 aliphatic carbocycles. The van der Waals surface area contributed by atoms with E-state index in [-0.39, 0.29) is 17.5 Å². The number of hydrogen-bond donors (Lipinski definition) is 3. The summed E-state index contributed by atoms with van der Waals surface area (Å²) >= 11 is 1.81. The summed E-state index contributed by atoms with van der Waals surface area (Å²) in [4.78, 5) is 5.29. The van der Waals surface area contributed by atoms with E-state index in [1.807, 2.05) is 25.7 Å². The van der Waals surface area contributed by atoms with Gasteiger partial charge in [0.1, 0.15) is 0 Å². The number of aliphatic imine (C=N–C) groups is 1. The van der Waals surface area contributed by atoms with Crippen molar-refractivity contribution >= 4 is 23.5 Å². The van der Waals surface area contributed by atoms with E-state index in [4.69, 9.17) is 4.99 Å². The summed E-state index contributed by atoms with van der Waals surface area (Å²) in [6, 6.07) is 15.6. The number of nitrogens with zero attached hydrogens (tertiary/aromatic N) is 1. The Bertz CT molecular complexity index is 1260. The van der Waals surface area contributed by atoms with Crippen LogP contribution in [0.25, 0.3) is 17.2 Å². The van der Waals surface area contributed by atoms with Crippen molar-refractivity contribution in [3.05, 3.63) is 87.9 Å². The molecule has 0 heterocycles. The summed E-state index contributed by atoms with van der Waals surface area (Å²) < 4.78 is 0. The van der Waals surface area contributed by atoms with Gasteiger partial charge in [0.05, 0.1) is 17.9 Å². The molecule has 0 fully saturated rings. The standard InChI is InChI=1S/C36H51N3OS/c1-10-27(23-41-11-2)35(38-34(18-25(4)40)26(5)39-37-9)29-14-12-28(13-15-29)30-16-17-31-19-32(21-33(31)20-30)24(3)22-36(6,7)8/h12-17,20-21,23,25-26,34,37,39-40H,3,10-11,18-19,22H2,1-2,4-9H3/b27-23+,38-35+. The van der Waals surface area contributed by atoms with Gasteiger partial charge < -0.3 is 5.11 Å². The number of hydrogen-bond acceptors (Lipinski definition) is 5. The van der Waals surface area contributed by atoms with Gasteiger partial charge in [-0.15, -0.1) is 11.8 Å². The van der Waals surface area contributed by atoms with Crippen LogP contribution >= 0.6 is 11.8 Å². The molecule has 0 spiro atoms. The van der Waals surface area contributed by atoms with Gasteiger partial charge in [-0.2, -0.15) is 0 Å². The van der Waals surface area contributed by atoms with Crippen LogP contribution in [-0.2, 0) is 6.42 Å². The van der Waals surface area contributed by atoms with Crippen molar-refractivity contribution < 1.29 is 5.11 Å². The average molecular weight is 574 g/mol. The lowest BCUT2D eigenvalue weighted by Gasteiger charge is -2.24. The molecule has 3 N–H and O–H groups in total. The molecule has 0 radical (unpaired) electrons. The maximum atomic E-state index is 10.2. The predicted octanol–water partition coefficient (Wildman–Crippen LogP) is 8.37. The van der Waals surface area contributed by atoms with E-state index in [0.717, 1.165) is 36.3 Å². The number of nitrogens with one attached hydrogen (secondary N) is 2. The molecule has 3 rings (SSSR count). The lowest BCUT2D eigenvalue weighted by atomic mass is 9.85. The minimum absolute atomic E-state index is 0.0599. The van der Waals surface area contributed by atoms with Gasteiger partial charge in [0.15, 0.2) is 0 Å². The summed E-state index contributed by atoms with van der Waals surface area (Å²) in [6.07, 6.45) is 5.36. The molecule has 41 heavy (non-hydrogen) atoms. The van der Waals surface area contributed by atoms with Gasteiger partial charge in [-0.25, -0.2) is 0 Å². The van der Waals surface area contributed by atoms with Gasteiger partial charge in [-0.1, -0.05) is 89.2 Å². The topological polar surface area (TPSA) is 56.7 Å². The van der Waals surface area contributed by atoms with Gasteiger partial charge in [-0.3, -0.25) is 15.8 Å². The number of rotatable bonds is 14. The van der Waals surface area contributed by atoms with Crippen molar-refractivity contribution in [1.82, 2.24) is 10.9 Å². The van der Waals surface area contributed by atoms with Crippen molar-refractivity contribution in [2.24, 2.45) is 10.4 Å². The van der Waals surface area contributed by atoms with Crippen LogP contribution in [0, 0.1) is 5.41 Å². The van der Waals surface area contributed by atoms with E-state index in [1.54, 1.807) is 0 Å². The molecule has 1 aliphatic rings. The van der Waals surface area contributed by atoms with E-state index in [0.29, 0.717) is 6.42 Å². The molecular formula is C36H51N3OS. The molecule has 4 nitrogen and oxygen atoms in total. The highest BCUT2D eigenvalue weighted by molar-refractivity contribution is 8.02. The van der Waals surface area contributed by atoms with Gasteiger partial charge >= 0.3 is 0 Å². The van der Waals surface area contributed by atoms with E-state index in [2.05, 4.69) is 113 Å².